The van der Waals surface area contributed by atoms with E-state index < -0.39 is 0 Å². The Morgan fingerprint density at radius 1 is 1.16 bits per heavy atom. The van der Waals surface area contributed by atoms with Gasteiger partial charge in [-0.3, -0.25) is 9.78 Å². The van der Waals surface area contributed by atoms with Crippen LogP contribution < -0.4 is 10.1 Å². The van der Waals surface area contributed by atoms with Gasteiger partial charge in [0.25, 0.3) is 0 Å². The van der Waals surface area contributed by atoms with Gasteiger partial charge in [-0.15, -0.1) is 0 Å². The van der Waals surface area contributed by atoms with Gasteiger partial charge in [-0.2, -0.15) is 0 Å². The largest absolute Gasteiger partial charge is 0.497 e. The highest BCUT2D eigenvalue weighted by Gasteiger charge is 2.17. The lowest BCUT2D eigenvalue weighted by molar-refractivity contribution is -0.121. The fourth-order valence-electron chi connectivity index (χ4n) is 3.74. The van der Waals surface area contributed by atoms with E-state index in [0.29, 0.717) is 6.42 Å². The minimum atomic E-state index is -0.303. The molecule has 2 N–H and O–H groups in total. The smallest absolute Gasteiger partial charge is 0.220 e. The number of halogens is 1. The van der Waals surface area contributed by atoms with Crippen LogP contribution in [-0.4, -0.2) is 23.0 Å². The number of benzene rings is 2. The molecule has 2 heterocycles. The van der Waals surface area contributed by atoms with Crippen molar-refractivity contribution in [2.45, 2.75) is 25.8 Å². The quantitative estimate of drug-likeness (QED) is 0.435. The molecular formula is C25H24FN3O2. The third-order valence-corrected chi connectivity index (χ3v) is 5.36. The molecule has 158 valence electrons. The summed E-state index contributed by atoms with van der Waals surface area (Å²) in [7, 11) is 1.62. The Morgan fingerprint density at radius 2 is 1.97 bits per heavy atom. The number of carbonyl (C=O) groups excluding carboxylic acids is 1. The van der Waals surface area contributed by atoms with Crippen LogP contribution in [0.1, 0.15) is 30.6 Å². The number of amides is 1. The molecule has 0 saturated carbocycles. The van der Waals surface area contributed by atoms with Crippen molar-refractivity contribution in [3.8, 4) is 17.0 Å². The lowest BCUT2D eigenvalue weighted by Crippen LogP contribution is -2.27. The Hall–Kier alpha value is -3.67. The minimum Gasteiger partial charge on any atom is -0.497 e. The summed E-state index contributed by atoms with van der Waals surface area (Å²) < 4.78 is 19.2. The Bertz CT molecular complexity index is 1190. The van der Waals surface area contributed by atoms with Gasteiger partial charge < -0.3 is 15.0 Å². The third kappa shape index (κ3) is 4.58. The van der Waals surface area contributed by atoms with E-state index in [0.717, 1.165) is 39.2 Å². The lowest BCUT2D eigenvalue weighted by Gasteiger charge is -2.13. The summed E-state index contributed by atoms with van der Waals surface area (Å²) in [6.07, 6.45) is 2.47. The normalized spacial score (nSPS) is 12.0. The summed E-state index contributed by atoms with van der Waals surface area (Å²) in [4.78, 5) is 20.3. The predicted octanol–water partition coefficient (Wildman–Crippen LogP) is 5.19. The van der Waals surface area contributed by atoms with Crippen LogP contribution in [0.3, 0.4) is 0 Å². The van der Waals surface area contributed by atoms with Crippen molar-refractivity contribution < 1.29 is 13.9 Å². The maximum atomic E-state index is 14.0. The standard InChI is InChI=1S/C25H24FN3O2/c1-16(22-5-3-4-14-27-22)28-24(30)13-11-20-21-15-18(26)8-12-23(21)29-25(20)17-6-9-19(31-2)10-7-17/h3-10,12,14-16,29H,11,13H2,1-2H3,(H,28,30). The van der Waals surface area contributed by atoms with Crippen molar-refractivity contribution in [2.75, 3.05) is 7.11 Å². The molecular weight excluding hydrogens is 393 g/mol. The summed E-state index contributed by atoms with van der Waals surface area (Å²) in [6, 6.07) is 17.8. The number of pyridine rings is 1. The molecule has 31 heavy (non-hydrogen) atoms. The van der Waals surface area contributed by atoms with Crippen molar-refractivity contribution in [1.29, 1.82) is 0 Å². The zero-order valence-electron chi connectivity index (χ0n) is 17.5. The number of rotatable bonds is 7. The Kier molecular flexibility index (Phi) is 5.98. The molecule has 2 aromatic carbocycles. The second kappa shape index (κ2) is 9.00. The van der Waals surface area contributed by atoms with Gasteiger partial charge in [0.15, 0.2) is 0 Å². The molecule has 0 bridgehead atoms. The van der Waals surface area contributed by atoms with Gasteiger partial charge >= 0.3 is 0 Å². The minimum absolute atomic E-state index is 0.0791. The van der Waals surface area contributed by atoms with Crippen molar-refractivity contribution in [2.24, 2.45) is 0 Å². The number of methoxy groups -OCH3 is 1. The van der Waals surface area contributed by atoms with Gasteiger partial charge in [0, 0.05) is 29.2 Å². The molecule has 0 aliphatic rings. The Morgan fingerprint density at radius 3 is 2.68 bits per heavy atom. The van der Waals surface area contributed by atoms with Gasteiger partial charge in [-0.1, -0.05) is 6.07 Å². The molecule has 0 radical (unpaired) electrons. The number of aromatic nitrogens is 2. The van der Waals surface area contributed by atoms with E-state index in [1.807, 2.05) is 49.4 Å². The predicted molar refractivity (Wildman–Crippen MR) is 119 cm³/mol. The first-order valence-corrected chi connectivity index (χ1v) is 10.2. The zero-order chi connectivity index (χ0) is 21.8. The Balaban J connectivity index is 1.58. The fraction of sp³-hybridized carbons (Fsp3) is 0.200. The monoisotopic (exact) mass is 417 g/mol. The number of ether oxygens (including phenoxy) is 1. The van der Waals surface area contributed by atoms with Crippen molar-refractivity contribution >= 4 is 16.8 Å². The van der Waals surface area contributed by atoms with Crippen LogP contribution in [0.4, 0.5) is 4.39 Å². The lowest BCUT2D eigenvalue weighted by atomic mass is 10.0. The molecule has 0 aliphatic carbocycles. The first-order valence-electron chi connectivity index (χ1n) is 10.2. The van der Waals surface area contributed by atoms with Gasteiger partial charge in [-0.25, -0.2) is 4.39 Å². The molecule has 4 rings (SSSR count). The molecule has 2 aromatic heterocycles. The van der Waals surface area contributed by atoms with E-state index in [1.54, 1.807) is 19.4 Å². The number of hydrogen-bond acceptors (Lipinski definition) is 3. The number of aromatic amines is 1. The summed E-state index contributed by atoms with van der Waals surface area (Å²) in [5.74, 6) is 0.377. The molecule has 1 amide bonds. The van der Waals surface area contributed by atoms with Crippen LogP contribution in [0, 0.1) is 5.82 Å². The van der Waals surface area contributed by atoms with E-state index >= 15 is 0 Å². The molecule has 1 unspecified atom stereocenters. The van der Waals surface area contributed by atoms with Crippen molar-refractivity contribution in [1.82, 2.24) is 15.3 Å². The molecule has 5 nitrogen and oxygen atoms in total. The van der Waals surface area contributed by atoms with E-state index in [2.05, 4.69) is 15.3 Å². The molecule has 4 aromatic rings. The number of H-pyrrole nitrogens is 1. The SMILES string of the molecule is COc1ccc(-c2[nH]c3ccc(F)cc3c2CCC(=O)NC(C)c2ccccn2)cc1. The molecule has 1 atom stereocenters. The molecule has 0 saturated heterocycles. The maximum Gasteiger partial charge on any atom is 0.220 e. The second-order valence-electron chi connectivity index (χ2n) is 7.44. The van der Waals surface area contributed by atoms with E-state index in [9.17, 15) is 9.18 Å². The molecule has 0 fully saturated rings. The van der Waals surface area contributed by atoms with Gasteiger partial charge in [-0.05, 0) is 79.1 Å². The molecule has 0 spiro atoms. The van der Waals surface area contributed by atoms with Crippen LogP contribution in [0.15, 0.2) is 66.9 Å². The highest BCUT2D eigenvalue weighted by atomic mass is 19.1. The average Bonchev–Trinajstić information content (AvgIpc) is 3.16. The average molecular weight is 417 g/mol. The summed E-state index contributed by atoms with van der Waals surface area (Å²) >= 11 is 0. The number of nitrogens with one attached hydrogen (secondary N) is 2. The zero-order valence-corrected chi connectivity index (χ0v) is 17.5. The maximum absolute atomic E-state index is 14.0. The third-order valence-electron chi connectivity index (χ3n) is 5.36. The summed E-state index contributed by atoms with van der Waals surface area (Å²) in [5.41, 5.74) is 4.40. The van der Waals surface area contributed by atoms with Crippen LogP contribution in [-0.2, 0) is 11.2 Å². The summed E-state index contributed by atoms with van der Waals surface area (Å²) in [5, 5.41) is 3.78. The number of hydrogen-bond donors (Lipinski definition) is 2. The van der Waals surface area contributed by atoms with Crippen LogP contribution in [0.5, 0.6) is 5.75 Å². The first-order chi connectivity index (χ1) is 15.0. The van der Waals surface area contributed by atoms with Crippen LogP contribution in [0.2, 0.25) is 0 Å². The fourth-order valence-corrected chi connectivity index (χ4v) is 3.74. The van der Waals surface area contributed by atoms with E-state index in [4.69, 9.17) is 4.74 Å². The highest BCUT2D eigenvalue weighted by molar-refractivity contribution is 5.91. The topological polar surface area (TPSA) is 67.0 Å². The number of nitrogens with zero attached hydrogens (tertiary/aromatic N) is 1. The Labute approximate surface area is 180 Å². The number of fused-ring (bicyclic) bond motifs is 1. The number of carbonyl (C=O) groups is 1. The van der Waals surface area contributed by atoms with Gasteiger partial charge in [0.1, 0.15) is 11.6 Å². The van der Waals surface area contributed by atoms with Crippen LogP contribution in [0.25, 0.3) is 22.2 Å². The van der Waals surface area contributed by atoms with E-state index in [-0.39, 0.29) is 24.2 Å². The highest BCUT2D eigenvalue weighted by Crippen LogP contribution is 2.32. The van der Waals surface area contributed by atoms with Crippen LogP contribution >= 0.6 is 0 Å². The van der Waals surface area contributed by atoms with Crippen molar-refractivity contribution in [3.05, 3.63) is 83.9 Å². The van der Waals surface area contributed by atoms with Gasteiger partial charge in [0.05, 0.1) is 18.8 Å². The molecule has 0 aliphatic heterocycles. The van der Waals surface area contributed by atoms with Gasteiger partial charge in [0.2, 0.25) is 5.91 Å². The molecule has 6 heteroatoms. The second-order valence-corrected chi connectivity index (χ2v) is 7.44. The summed E-state index contributed by atoms with van der Waals surface area (Å²) in [6.45, 7) is 1.91. The van der Waals surface area contributed by atoms with Crippen molar-refractivity contribution in [3.63, 3.8) is 0 Å². The van der Waals surface area contributed by atoms with E-state index in [1.165, 1.54) is 12.1 Å². The first kappa shape index (κ1) is 20.6. The number of aryl methyl sites for hydroxylation is 1.